The molecule has 3 saturated carbocycles. The highest BCUT2D eigenvalue weighted by molar-refractivity contribution is 5.98. The minimum absolute atomic E-state index is 0.00709. The molecule has 0 saturated heterocycles. The molecule has 2 amide bonds. The van der Waals surface area contributed by atoms with Gasteiger partial charge in [0.2, 0.25) is 12.3 Å². The zero-order valence-corrected chi connectivity index (χ0v) is 20.1. The average Bonchev–Trinajstić information content (AvgIpc) is 3.73. The van der Waals surface area contributed by atoms with Gasteiger partial charge in [0.15, 0.2) is 11.5 Å². The van der Waals surface area contributed by atoms with Gasteiger partial charge in [-0.2, -0.15) is 5.10 Å². The number of nitrogens with one attached hydrogen (secondary N) is 3. The molecule has 186 valence electrons. The van der Waals surface area contributed by atoms with Crippen molar-refractivity contribution in [1.82, 2.24) is 29.9 Å². The average molecular weight is 490 g/mol. The third kappa shape index (κ3) is 4.31. The third-order valence-corrected chi connectivity index (χ3v) is 6.93. The lowest BCUT2D eigenvalue weighted by molar-refractivity contribution is -0.123. The minimum atomic E-state index is -0.380. The van der Waals surface area contributed by atoms with E-state index in [9.17, 15) is 9.59 Å². The summed E-state index contributed by atoms with van der Waals surface area (Å²) in [5.41, 5.74) is 3.24. The summed E-state index contributed by atoms with van der Waals surface area (Å²) in [4.78, 5) is 32.1. The molecule has 0 radical (unpaired) electrons. The van der Waals surface area contributed by atoms with Gasteiger partial charge in [-0.1, -0.05) is 19.3 Å². The second-order valence-corrected chi connectivity index (χ2v) is 9.97. The highest BCUT2D eigenvalue weighted by Crippen LogP contribution is 2.46. The van der Waals surface area contributed by atoms with Crippen LogP contribution in [-0.2, 0) is 9.59 Å². The Kier molecular flexibility index (Phi) is 5.66. The van der Waals surface area contributed by atoms with E-state index in [-0.39, 0.29) is 29.6 Å². The number of rotatable bonds is 7. The summed E-state index contributed by atoms with van der Waals surface area (Å²) in [6.07, 6.45) is 15.4. The highest BCUT2D eigenvalue weighted by Gasteiger charge is 2.40. The van der Waals surface area contributed by atoms with Crippen molar-refractivity contribution < 1.29 is 14.0 Å². The van der Waals surface area contributed by atoms with Gasteiger partial charge in [-0.3, -0.25) is 19.7 Å². The number of nitrogens with zero attached hydrogens (tertiary/aromatic N) is 4. The zero-order chi connectivity index (χ0) is 24.8. The number of fused-ring (bicyclic) bond motifs is 2. The lowest BCUT2D eigenvalue weighted by Crippen LogP contribution is -2.32. The van der Waals surface area contributed by atoms with Gasteiger partial charge in [-0.15, -0.1) is 0 Å². The number of aromatic amines is 1. The maximum absolute atomic E-state index is 16.0. The summed E-state index contributed by atoms with van der Waals surface area (Å²) < 4.78 is 17.7. The molecule has 10 heteroatoms. The van der Waals surface area contributed by atoms with Crippen LogP contribution in [-0.4, -0.2) is 36.9 Å². The number of imidazole rings is 1. The number of hydrogen-bond donors (Lipinski definition) is 3. The van der Waals surface area contributed by atoms with Crippen LogP contribution in [0.1, 0.15) is 62.1 Å². The van der Waals surface area contributed by atoms with Gasteiger partial charge >= 0.3 is 0 Å². The molecule has 9 nitrogen and oxygen atoms in total. The van der Waals surface area contributed by atoms with Gasteiger partial charge < -0.3 is 15.0 Å². The predicted octanol–water partition coefficient (Wildman–Crippen LogP) is 4.44. The molecule has 0 bridgehead atoms. The molecular formula is C26H28FN7O2. The van der Waals surface area contributed by atoms with Crippen LogP contribution in [0.3, 0.4) is 0 Å². The minimum Gasteiger partial charge on any atom is -0.349 e. The van der Waals surface area contributed by atoms with E-state index in [2.05, 4.69) is 30.8 Å². The molecule has 7 rings (SSSR count). The van der Waals surface area contributed by atoms with Crippen molar-refractivity contribution in [2.45, 2.75) is 57.9 Å². The van der Waals surface area contributed by atoms with E-state index in [0.717, 1.165) is 31.1 Å². The van der Waals surface area contributed by atoms with Crippen molar-refractivity contribution >= 4 is 34.7 Å². The maximum Gasteiger partial charge on any atom is 0.223 e. The van der Waals surface area contributed by atoms with E-state index in [1.165, 1.54) is 19.3 Å². The van der Waals surface area contributed by atoms with Crippen molar-refractivity contribution in [1.29, 1.82) is 0 Å². The molecule has 3 aromatic heterocycles. The van der Waals surface area contributed by atoms with Crippen molar-refractivity contribution in [3.8, 4) is 11.3 Å². The molecule has 3 aliphatic carbocycles. The van der Waals surface area contributed by atoms with Crippen molar-refractivity contribution in [3.05, 3.63) is 41.7 Å². The number of anilines is 1. The highest BCUT2D eigenvalue weighted by atomic mass is 19.1. The molecule has 3 heterocycles. The van der Waals surface area contributed by atoms with Crippen molar-refractivity contribution in [2.24, 2.45) is 11.8 Å². The van der Waals surface area contributed by atoms with Crippen LogP contribution >= 0.6 is 0 Å². The van der Waals surface area contributed by atoms with Crippen molar-refractivity contribution in [3.63, 3.8) is 0 Å². The molecule has 0 aliphatic heterocycles. The summed E-state index contributed by atoms with van der Waals surface area (Å²) >= 11 is 0. The first kappa shape index (κ1) is 22.6. The van der Waals surface area contributed by atoms with E-state index in [4.69, 9.17) is 0 Å². The van der Waals surface area contributed by atoms with E-state index < -0.39 is 0 Å². The fourth-order valence-corrected chi connectivity index (χ4v) is 4.56. The zero-order valence-electron chi connectivity index (χ0n) is 20.1. The summed E-state index contributed by atoms with van der Waals surface area (Å²) in [7, 11) is 0. The van der Waals surface area contributed by atoms with Crippen molar-refractivity contribution in [2.75, 3.05) is 5.32 Å². The number of carbonyl (C=O) groups is 2. The quantitative estimate of drug-likeness (QED) is 0.332. The molecule has 1 unspecified atom stereocenters. The number of H-pyrrole nitrogens is 1. The normalized spacial score (nSPS) is 17.4. The number of amides is 2. The fraction of sp³-hybridized carbons (Fsp3) is 0.423. The van der Waals surface area contributed by atoms with Crippen LogP contribution in [0, 0.1) is 24.6 Å². The lowest BCUT2D eigenvalue weighted by Gasteiger charge is -2.22. The first-order chi connectivity index (χ1) is 17.5. The van der Waals surface area contributed by atoms with Crippen LogP contribution in [0.25, 0.3) is 27.8 Å². The Labute approximate surface area is 206 Å². The molecule has 1 atom stereocenters. The molecular weight excluding hydrogens is 461 g/mol. The first-order valence-electron chi connectivity index (χ1n) is 12.6. The van der Waals surface area contributed by atoms with Gasteiger partial charge in [-0.25, -0.2) is 9.37 Å². The monoisotopic (exact) mass is 489 g/mol. The largest absolute Gasteiger partial charge is 0.349 e. The third-order valence-electron chi connectivity index (χ3n) is 6.93. The van der Waals surface area contributed by atoms with Gasteiger partial charge in [0.1, 0.15) is 5.82 Å². The van der Waals surface area contributed by atoms with E-state index in [1.807, 2.05) is 0 Å². The molecule has 1 aromatic carbocycles. The van der Waals surface area contributed by atoms with E-state index >= 15 is 4.39 Å². The van der Waals surface area contributed by atoms with Crippen LogP contribution in [0.15, 0.2) is 24.8 Å². The van der Waals surface area contributed by atoms with E-state index in [0.29, 0.717) is 45.8 Å². The Bertz CT molecular complexity index is 1460. The molecule has 3 aliphatic rings. The molecule has 0 spiro atoms. The second-order valence-electron chi connectivity index (χ2n) is 9.97. The number of halogens is 1. The Morgan fingerprint density at radius 1 is 1.19 bits per heavy atom. The molecule has 3 N–H and O–H groups in total. The van der Waals surface area contributed by atoms with Crippen LogP contribution in [0.4, 0.5) is 10.2 Å². The maximum atomic E-state index is 16.0. The first-order valence-corrected chi connectivity index (χ1v) is 12.6. The topological polar surface area (TPSA) is 117 Å². The SMILES string of the molecule is C1CC1.Cc1c(F)c(C(NC(=O)C2CC2)C2CC2)c2[nH]ncc2c1-c1cn2cc(NC=O)nc2cn1. The van der Waals surface area contributed by atoms with E-state index in [1.54, 1.807) is 36.1 Å². The number of carbonyl (C=O) groups excluding carboxylic acids is 2. The van der Waals surface area contributed by atoms with Crippen LogP contribution in [0.2, 0.25) is 0 Å². The van der Waals surface area contributed by atoms with Crippen LogP contribution in [0.5, 0.6) is 0 Å². The smallest absolute Gasteiger partial charge is 0.223 e. The Morgan fingerprint density at radius 3 is 2.64 bits per heavy atom. The molecule has 4 aromatic rings. The number of aromatic nitrogens is 5. The number of benzene rings is 1. The summed E-state index contributed by atoms with van der Waals surface area (Å²) in [6, 6.07) is -0.380. The summed E-state index contributed by atoms with van der Waals surface area (Å²) in [5.74, 6) is 0.326. The van der Waals surface area contributed by atoms with Gasteiger partial charge in [0.25, 0.3) is 0 Å². The predicted molar refractivity (Wildman–Crippen MR) is 133 cm³/mol. The van der Waals surface area contributed by atoms with Gasteiger partial charge in [-0.05, 0) is 44.1 Å². The standard InChI is InChI=1S/C23H22FN7O2.C3H6/c1-11-18(15-8-31-9-16(26-10-32)28-17(31)7-25-15)14-6-27-30-22(14)19(20(11)24)21(12-2-3-12)29-23(33)13-4-5-13;1-2-3-1/h6-10,12-13,21H,2-5H2,1H3,(H,26,32)(H,27,30)(H,29,33);1-3H2. The fourth-order valence-electron chi connectivity index (χ4n) is 4.56. The lowest BCUT2D eigenvalue weighted by atomic mass is 9.91. The second kappa shape index (κ2) is 9.00. The Morgan fingerprint density at radius 2 is 1.97 bits per heavy atom. The molecule has 36 heavy (non-hydrogen) atoms. The Hall–Kier alpha value is -3.82. The summed E-state index contributed by atoms with van der Waals surface area (Å²) in [6.45, 7) is 1.73. The number of hydrogen-bond acceptors (Lipinski definition) is 5. The van der Waals surface area contributed by atoms with Crippen LogP contribution < -0.4 is 10.6 Å². The molecule has 3 fully saturated rings. The Balaban J connectivity index is 0.000000747. The summed E-state index contributed by atoms with van der Waals surface area (Å²) in [5, 5.41) is 13.6. The van der Waals surface area contributed by atoms with Gasteiger partial charge in [0.05, 0.1) is 35.8 Å². The van der Waals surface area contributed by atoms with Gasteiger partial charge in [0, 0.05) is 28.6 Å².